The molecule has 2 amide bonds. The average molecular weight is 388 g/mol. The largest absolute Gasteiger partial charge is 0.416 e. The van der Waals surface area contributed by atoms with Crippen molar-refractivity contribution in [3.05, 3.63) is 82.9 Å². The van der Waals surface area contributed by atoms with Crippen LogP contribution < -0.4 is 10.8 Å². The molecule has 0 aromatic heterocycles. The lowest BCUT2D eigenvalue weighted by Gasteiger charge is -2.10. The fourth-order valence-electron chi connectivity index (χ4n) is 2.74. The zero-order valence-electron chi connectivity index (χ0n) is 14.4. The first-order valence-corrected chi connectivity index (χ1v) is 8.20. The minimum atomic E-state index is -4.45. The van der Waals surface area contributed by atoms with Gasteiger partial charge in [0.1, 0.15) is 0 Å². The van der Waals surface area contributed by atoms with Crippen molar-refractivity contribution in [2.45, 2.75) is 12.7 Å². The molecule has 0 spiro atoms. The second-order valence-electron chi connectivity index (χ2n) is 6.10. The molecule has 0 heterocycles. The summed E-state index contributed by atoms with van der Waals surface area (Å²) in [5.41, 5.74) is 1.60. The average Bonchev–Trinajstić information content (AvgIpc) is 2.70. The Kier molecular flexibility index (Phi) is 5.32. The summed E-state index contributed by atoms with van der Waals surface area (Å²) in [6.07, 6.45) is -4.45. The molecule has 0 aliphatic heterocycles. The maximum Gasteiger partial charge on any atom is 0.416 e. The molecule has 0 aliphatic carbocycles. The summed E-state index contributed by atoms with van der Waals surface area (Å²) in [6.45, 7) is -0.0618. The molecule has 0 atom stereocenters. The SMILES string of the molecule is O=C(NO)c1ccc2ccc(C(=O)NCc3cccc(C(F)(F)F)c3)cc2c1. The van der Waals surface area contributed by atoms with Gasteiger partial charge in [0.25, 0.3) is 11.8 Å². The molecule has 0 aliphatic rings. The van der Waals surface area contributed by atoms with Crippen LogP contribution in [-0.2, 0) is 12.7 Å². The molecule has 3 aromatic carbocycles. The van der Waals surface area contributed by atoms with Gasteiger partial charge in [0.05, 0.1) is 5.56 Å². The van der Waals surface area contributed by atoms with Gasteiger partial charge in [-0.3, -0.25) is 14.8 Å². The van der Waals surface area contributed by atoms with Crippen LogP contribution in [0.2, 0.25) is 0 Å². The first-order chi connectivity index (χ1) is 13.3. The highest BCUT2D eigenvalue weighted by molar-refractivity contribution is 6.01. The molecule has 0 radical (unpaired) electrons. The van der Waals surface area contributed by atoms with Gasteiger partial charge in [-0.25, -0.2) is 5.48 Å². The molecule has 0 saturated heterocycles. The fourth-order valence-corrected chi connectivity index (χ4v) is 2.74. The molecule has 28 heavy (non-hydrogen) atoms. The predicted octanol–water partition coefficient (Wildman–Crippen LogP) is 3.91. The Bertz CT molecular complexity index is 1050. The maximum absolute atomic E-state index is 12.8. The predicted molar refractivity (Wildman–Crippen MR) is 95.8 cm³/mol. The van der Waals surface area contributed by atoms with Crippen LogP contribution in [0.25, 0.3) is 10.8 Å². The highest BCUT2D eigenvalue weighted by Crippen LogP contribution is 2.29. The van der Waals surface area contributed by atoms with E-state index in [1.807, 2.05) is 0 Å². The van der Waals surface area contributed by atoms with Crippen LogP contribution in [0.1, 0.15) is 31.8 Å². The van der Waals surface area contributed by atoms with Gasteiger partial charge in [-0.1, -0.05) is 24.3 Å². The highest BCUT2D eigenvalue weighted by atomic mass is 19.4. The van der Waals surface area contributed by atoms with E-state index in [1.165, 1.54) is 29.7 Å². The fraction of sp³-hybridized carbons (Fsp3) is 0.100. The third kappa shape index (κ3) is 4.29. The van der Waals surface area contributed by atoms with Crippen molar-refractivity contribution in [1.29, 1.82) is 0 Å². The Hall–Kier alpha value is -3.39. The smallest absolute Gasteiger partial charge is 0.348 e. The number of alkyl halides is 3. The van der Waals surface area contributed by atoms with Gasteiger partial charge in [0, 0.05) is 17.7 Å². The van der Waals surface area contributed by atoms with Crippen LogP contribution >= 0.6 is 0 Å². The van der Waals surface area contributed by atoms with Gasteiger partial charge in [-0.2, -0.15) is 13.2 Å². The molecule has 3 aromatic rings. The number of halogens is 3. The van der Waals surface area contributed by atoms with Crippen molar-refractivity contribution in [3.8, 4) is 0 Å². The van der Waals surface area contributed by atoms with Crippen LogP contribution in [0.3, 0.4) is 0 Å². The number of rotatable bonds is 4. The summed E-state index contributed by atoms with van der Waals surface area (Å²) in [6, 6.07) is 14.3. The summed E-state index contributed by atoms with van der Waals surface area (Å²) >= 11 is 0. The van der Waals surface area contributed by atoms with Crippen molar-refractivity contribution in [2.75, 3.05) is 0 Å². The minimum absolute atomic E-state index is 0.0618. The van der Waals surface area contributed by atoms with Crippen LogP contribution in [0.4, 0.5) is 13.2 Å². The van der Waals surface area contributed by atoms with Crippen molar-refractivity contribution in [2.24, 2.45) is 0 Å². The first-order valence-electron chi connectivity index (χ1n) is 8.20. The first kappa shape index (κ1) is 19.4. The number of fused-ring (bicyclic) bond motifs is 1. The lowest BCUT2D eigenvalue weighted by Crippen LogP contribution is -2.23. The summed E-state index contributed by atoms with van der Waals surface area (Å²) in [4.78, 5) is 23.9. The van der Waals surface area contributed by atoms with Gasteiger partial charge < -0.3 is 5.32 Å². The molecule has 144 valence electrons. The van der Waals surface area contributed by atoms with Gasteiger partial charge in [0.15, 0.2) is 0 Å². The Labute approximate surface area is 157 Å². The second-order valence-corrected chi connectivity index (χ2v) is 6.10. The molecule has 3 rings (SSSR count). The quantitative estimate of drug-likeness (QED) is 0.468. The van der Waals surface area contributed by atoms with Gasteiger partial charge in [-0.15, -0.1) is 0 Å². The van der Waals surface area contributed by atoms with Gasteiger partial charge in [-0.05, 0) is 52.7 Å². The van der Waals surface area contributed by atoms with E-state index >= 15 is 0 Å². The molecule has 0 unspecified atom stereocenters. The molecule has 0 bridgehead atoms. The van der Waals surface area contributed by atoms with Crippen LogP contribution in [-0.4, -0.2) is 17.0 Å². The summed E-state index contributed by atoms with van der Waals surface area (Å²) in [5, 5.41) is 12.7. The Morgan fingerprint density at radius 3 is 2.11 bits per heavy atom. The number of hydrogen-bond acceptors (Lipinski definition) is 3. The molecule has 8 heteroatoms. The zero-order valence-corrected chi connectivity index (χ0v) is 14.4. The summed E-state index contributed by atoms with van der Waals surface area (Å²) < 4.78 is 38.3. The second kappa shape index (κ2) is 7.69. The van der Waals surface area contributed by atoms with Crippen LogP contribution in [0.15, 0.2) is 60.7 Å². The number of nitrogens with one attached hydrogen (secondary N) is 2. The maximum atomic E-state index is 12.8. The zero-order chi connectivity index (χ0) is 20.3. The molecule has 0 saturated carbocycles. The Morgan fingerprint density at radius 1 is 0.857 bits per heavy atom. The molecular weight excluding hydrogens is 373 g/mol. The third-order valence-electron chi connectivity index (χ3n) is 4.17. The topological polar surface area (TPSA) is 78.4 Å². The third-order valence-corrected chi connectivity index (χ3v) is 4.17. The monoisotopic (exact) mass is 388 g/mol. The van der Waals surface area contributed by atoms with Gasteiger partial charge in [0.2, 0.25) is 0 Å². The minimum Gasteiger partial charge on any atom is -0.348 e. The van der Waals surface area contributed by atoms with E-state index in [2.05, 4.69) is 5.32 Å². The van der Waals surface area contributed by atoms with Crippen molar-refractivity contribution >= 4 is 22.6 Å². The number of hydroxylamine groups is 1. The number of benzene rings is 3. The number of amides is 2. The van der Waals surface area contributed by atoms with E-state index in [0.717, 1.165) is 17.5 Å². The standard InChI is InChI=1S/C20H15F3N2O3/c21-20(22,23)17-3-1-2-12(8-17)11-24-18(26)14-6-4-13-5-7-15(19(27)25-28)10-16(13)9-14/h1-10,28H,11H2,(H,24,26)(H,25,27). The van der Waals surface area contributed by atoms with Crippen molar-refractivity contribution in [1.82, 2.24) is 10.8 Å². The number of hydrogen-bond donors (Lipinski definition) is 3. The number of carbonyl (C=O) groups is 2. The molecule has 0 fully saturated rings. The lowest BCUT2D eigenvalue weighted by atomic mass is 10.0. The van der Waals surface area contributed by atoms with E-state index in [9.17, 15) is 22.8 Å². The van der Waals surface area contributed by atoms with E-state index in [0.29, 0.717) is 16.5 Å². The van der Waals surface area contributed by atoms with Crippen molar-refractivity contribution < 1.29 is 28.0 Å². The van der Waals surface area contributed by atoms with E-state index in [1.54, 1.807) is 24.3 Å². The van der Waals surface area contributed by atoms with E-state index in [4.69, 9.17) is 5.21 Å². The highest BCUT2D eigenvalue weighted by Gasteiger charge is 2.30. The number of carbonyl (C=O) groups excluding carboxylic acids is 2. The Morgan fingerprint density at radius 2 is 1.50 bits per heavy atom. The van der Waals surface area contributed by atoms with Crippen LogP contribution in [0.5, 0.6) is 0 Å². The van der Waals surface area contributed by atoms with Gasteiger partial charge >= 0.3 is 6.18 Å². The lowest BCUT2D eigenvalue weighted by molar-refractivity contribution is -0.137. The summed E-state index contributed by atoms with van der Waals surface area (Å²) in [7, 11) is 0. The molecule has 3 N–H and O–H groups in total. The normalized spacial score (nSPS) is 11.3. The van der Waals surface area contributed by atoms with E-state index < -0.39 is 23.6 Å². The van der Waals surface area contributed by atoms with Crippen LogP contribution in [0, 0.1) is 0 Å². The summed E-state index contributed by atoms with van der Waals surface area (Å²) in [5.74, 6) is -1.14. The van der Waals surface area contributed by atoms with E-state index in [-0.39, 0.29) is 12.1 Å². The molecule has 5 nitrogen and oxygen atoms in total. The van der Waals surface area contributed by atoms with Crippen molar-refractivity contribution in [3.63, 3.8) is 0 Å². The Balaban J connectivity index is 1.77. The molecular formula is C20H15F3N2O3.